The highest BCUT2D eigenvalue weighted by atomic mass is 35.5. The number of halogens is 1. The normalized spacial score (nSPS) is 10.6. The molecule has 0 atom stereocenters. The number of fused-ring (bicyclic) bond motifs is 1. The Morgan fingerprint density at radius 1 is 1.04 bits per heavy atom. The highest BCUT2D eigenvalue weighted by Crippen LogP contribution is 2.36. The number of hydrogen-bond donors (Lipinski definition) is 1. The zero-order valence-electron chi connectivity index (χ0n) is 13.1. The van der Waals surface area contributed by atoms with Gasteiger partial charge in [0, 0.05) is 16.1 Å². The van der Waals surface area contributed by atoms with Crippen molar-refractivity contribution in [2.75, 3.05) is 19.5 Å². The minimum Gasteiger partial charge on any atom is -0.493 e. The quantitative estimate of drug-likeness (QED) is 0.771. The highest BCUT2D eigenvalue weighted by Gasteiger charge is 2.14. The molecular formula is C17H16ClN3O2. The Bertz CT molecular complexity index is 868. The van der Waals surface area contributed by atoms with Crippen LogP contribution in [0.2, 0.25) is 5.02 Å². The van der Waals surface area contributed by atoms with Crippen LogP contribution in [0.4, 0.5) is 11.5 Å². The lowest BCUT2D eigenvalue weighted by atomic mass is 10.1. The van der Waals surface area contributed by atoms with Crippen molar-refractivity contribution in [2.24, 2.45) is 0 Å². The van der Waals surface area contributed by atoms with E-state index in [2.05, 4.69) is 15.3 Å². The van der Waals surface area contributed by atoms with E-state index in [1.54, 1.807) is 14.2 Å². The molecule has 5 nitrogen and oxygen atoms in total. The molecule has 3 aromatic rings. The van der Waals surface area contributed by atoms with Crippen LogP contribution in [0.15, 0.2) is 36.7 Å². The van der Waals surface area contributed by atoms with E-state index in [4.69, 9.17) is 21.1 Å². The van der Waals surface area contributed by atoms with Crippen LogP contribution in [0.25, 0.3) is 10.9 Å². The summed E-state index contributed by atoms with van der Waals surface area (Å²) in [4.78, 5) is 8.67. The summed E-state index contributed by atoms with van der Waals surface area (Å²) >= 11 is 6.00. The molecule has 0 bridgehead atoms. The van der Waals surface area contributed by atoms with Gasteiger partial charge in [0.2, 0.25) is 0 Å². The maximum Gasteiger partial charge on any atom is 0.187 e. The number of nitrogens with one attached hydrogen (secondary N) is 1. The molecule has 0 spiro atoms. The number of nitrogens with zero attached hydrogens (tertiary/aromatic N) is 2. The number of benzene rings is 2. The highest BCUT2D eigenvalue weighted by molar-refractivity contribution is 6.30. The Balaban J connectivity index is 2.11. The van der Waals surface area contributed by atoms with E-state index in [0.29, 0.717) is 27.9 Å². The first-order valence-electron chi connectivity index (χ1n) is 7.03. The molecule has 0 aliphatic heterocycles. The number of aromatic nitrogens is 2. The van der Waals surface area contributed by atoms with Gasteiger partial charge in [0.1, 0.15) is 17.7 Å². The second kappa shape index (κ2) is 6.30. The summed E-state index contributed by atoms with van der Waals surface area (Å²) in [5.74, 6) is 1.91. The van der Waals surface area contributed by atoms with Crippen molar-refractivity contribution in [3.05, 3.63) is 47.2 Å². The summed E-state index contributed by atoms with van der Waals surface area (Å²) in [7, 11) is 3.19. The van der Waals surface area contributed by atoms with Crippen LogP contribution in [-0.2, 0) is 0 Å². The predicted octanol–water partition coefficient (Wildman–Crippen LogP) is 4.35. The topological polar surface area (TPSA) is 56.3 Å². The molecule has 0 aliphatic carbocycles. The smallest absolute Gasteiger partial charge is 0.187 e. The zero-order valence-corrected chi connectivity index (χ0v) is 13.8. The molecule has 0 radical (unpaired) electrons. The molecule has 3 rings (SSSR count). The summed E-state index contributed by atoms with van der Waals surface area (Å²) in [5.41, 5.74) is 2.66. The second-order valence-corrected chi connectivity index (χ2v) is 5.44. The first kappa shape index (κ1) is 15.4. The third-order valence-corrected chi connectivity index (χ3v) is 3.82. The number of methoxy groups -OCH3 is 2. The maximum absolute atomic E-state index is 6.00. The van der Waals surface area contributed by atoms with E-state index in [1.165, 1.54) is 6.33 Å². The average Bonchev–Trinajstić information content (AvgIpc) is 2.56. The predicted molar refractivity (Wildman–Crippen MR) is 92.1 cm³/mol. The lowest BCUT2D eigenvalue weighted by molar-refractivity contribution is 0.358. The van der Waals surface area contributed by atoms with E-state index in [0.717, 1.165) is 16.6 Å². The van der Waals surface area contributed by atoms with Crippen LogP contribution in [0.1, 0.15) is 5.56 Å². The number of anilines is 2. The number of aryl methyl sites for hydroxylation is 1. The molecule has 1 aromatic heterocycles. The Morgan fingerprint density at radius 2 is 1.87 bits per heavy atom. The van der Waals surface area contributed by atoms with Gasteiger partial charge in [-0.25, -0.2) is 9.97 Å². The molecule has 2 aromatic carbocycles. The maximum atomic E-state index is 6.00. The Labute approximate surface area is 139 Å². The van der Waals surface area contributed by atoms with Gasteiger partial charge < -0.3 is 14.8 Å². The lowest BCUT2D eigenvalue weighted by Gasteiger charge is -2.14. The summed E-state index contributed by atoms with van der Waals surface area (Å²) in [6, 6.07) is 9.40. The summed E-state index contributed by atoms with van der Waals surface area (Å²) < 4.78 is 10.7. The van der Waals surface area contributed by atoms with Crippen LogP contribution in [0.5, 0.6) is 11.5 Å². The van der Waals surface area contributed by atoms with Gasteiger partial charge in [-0.2, -0.15) is 0 Å². The summed E-state index contributed by atoms with van der Waals surface area (Å²) in [6.45, 7) is 1.99. The van der Waals surface area contributed by atoms with Crippen LogP contribution in [-0.4, -0.2) is 24.2 Å². The lowest BCUT2D eigenvalue weighted by Crippen LogP contribution is -1.99. The van der Waals surface area contributed by atoms with Crippen molar-refractivity contribution in [3.63, 3.8) is 0 Å². The van der Waals surface area contributed by atoms with Crippen molar-refractivity contribution in [1.29, 1.82) is 0 Å². The molecule has 0 saturated heterocycles. The zero-order chi connectivity index (χ0) is 16.4. The first-order valence-corrected chi connectivity index (χ1v) is 7.40. The van der Waals surface area contributed by atoms with Crippen molar-refractivity contribution >= 4 is 34.0 Å². The van der Waals surface area contributed by atoms with Crippen molar-refractivity contribution in [1.82, 2.24) is 9.97 Å². The SMILES string of the molecule is COc1ccc2c(Nc3ccc(Cl)cc3C)ncnc2c1OC. The van der Waals surface area contributed by atoms with Gasteiger partial charge in [-0.3, -0.25) is 0 Å². The molecule has 0 unspecified atom stereocenters. The van der Waals surface area contributed by atoms with Gasteiger partial charge in [0.15, 0.2) is 11.5 Å². The standard InChI is InChI=1S/C17H16ClN3O2/c1-10-8-11(18)4-6-13(10)21-17-12-5-7-14(22-2)16(23-3)15(12)19-9-20-17/h4-9H,1-3H3,(H,19,20,21). The van der Waals surface area contributed by atoms with Crippen LogP contribution in [0, 0.1) is 6.92 Å². The molecule has 23 heavy (non-hydrogen) atoms. The third-order valence-electron chi connectivity index (χ3n) is 3.59. The van der Waals surface area contributed by atoms with Crippen LogP contribution < -0.4 is 14.8 Å². The molecular weight excluding hydrogens is 314 g/mol. The van der Waals surface area contributed by atoms with Crippen molar-refractivity contribution in [3.8, 4) is 11.5 Å². The van der Waals surface area contributed by atoms with Crippen molar-refractivity contribution in [2.45, 2.75) is 6.92 Å². The minimum atomic E-state index is 0.586. The van der Waals surface area contributed by atoms with Gasteiger partial charge in [-0.15, -0.1) is 0 Å². The van der Waals surface area contributed by atoms with Gasteiger partial charge in [-0.05, 0) is 42.8 Å². The summed E-state index contributed by atoms with van der Waals surface area (Å²) in [5, 5.41) is 4.87. The van der Waals surface area contributed by atoms with Crippen LogP contribution in [0.3, 0.4) is 0 Å². The molecule has 0 saturated carbocycles. The monoisotopic (exact) mass is 329 g/mol. The van der Waals surface area contributed by atoms with E-state index in [-0.39, 0.29) is 0 Å². The number of ether oxygens (including phenoxy) is 2. The molecule has 118 valence electrons. The molecule has 6 heteroatoms. The largest absolute Gasteiger partial charge is 0.493 e. The average molecular weight is 330 g/mol. The fraction of sp³-hybridized carbons (Fsp3) is 0.176. The third kappa shape index (κ3) is 2.87. The second-order valence-electron chi connectivity index (χ2n) is 5.00. The van der Waals surface area contributed by atoms with E-state index < -0.39 is 0 Å². The Hall–Kier alpha value is -2.53. The fourth-order valence-corrected chi connectivity index (χ4v) is 2.66. The Morgan fingerprint density at radius 3 is 2.57 bits per heavy atom. The van der Waals surface area contributed by atoms with E-state index in [1.807, 2.05) is 37.3 Å². The van der Waals surface area contributed by atoms with Crippen molar-refractivity contribution < 1.29 is 9.47 Å². The summed E-state index contributed by atoms with van der Waals surface area (Å²) in [6.07, 6.45) is 1.50. The van der Waals surface area contributed by atoms with Gasteiger partial charge in [-0.1, -0.05) is 11.6 Å². The number of rotatable bonds is 4. The van der Waals surface area contributed by atoms with Gasteiger partial charge >= 0.3 is 0 Å². The first-order chi connectivity index (χ1) is 11.1. The minimum absolute atomic E-state index is 0.586. The van der Waals surface area contributed by atoms with Gasteiger partial charge in [0.25, 0.3) is 0 Å². The Kier molecular flexibility index (Phi) is 4.21. The molecule has 1 N–H and O–H groups in total. The molecule has 0 aliphatic rings. The van der Waals surface area contributed by atoms with Gasteiger partial charge in [0.05, 0.1) is 14.2 Å². The molecule has 0 fully saturated rings. The number of hydrogen-bond acceptors (Lipinski definition) is 5. The van der Waals surface area contributed by atoms with Crippen LogP contribution >= 0.6 is 11.6 Å². The fourth-order valence-electron chi connectivity index (χ4n) is 2.44. The van der Waals surface area contributed by atoms with E-state index >= 15 is 0 Å². The van der Waals surface area contributed by atoms with E-state index in [9.17, 15) is 0 Å². The molecule has 0 amide bonds. The molecule has 1 heterocycles.